The number of aliphatic hydroxyl groups excluding tert-OH is 1. The van der Waals surface area contributed by atoms with Crippen molar-refractivity contribution in [2.45, 2.75) is 32.9 Å². The molecule has 0 bridgehead atoms. The molecule has 0 aliphatic carbocycles. The van der Waals surface area contributed by atoms with Gasteiger partial charge in [0.2, 0.25) is 0 Å². The number of halogens is 1. The molecule has 0 unspecified atom stereocenters. The topological polar surface area (TPSA) is 110 Å². The summed E-state index contributed by atoms with van der Waals surface area (Å²) in [5, 5.41) is 15.9. The quantitative estimate of drug-likeness (QED) is 0.627. The number of aryl methyl sites for hydroxylation is 1. The predicted molar refractivity (Wildman–Crippen MR) is 102 cm³/mol. The molecule has 0 atom stereocenters. The zero-order valence-electron chi connectivity index (χ0n) is 16.3. The van der Waals surface area contributed by atoms with Crippen LogP contribution in [0.5, 0.6) is 5.75 Å². The Labute approximate surface area is 166 Å². The number of hydrogen-bond acceptors (Lipinski definition) is 7. The van der Waals surface area contributed by atoms with Gasteiger partial charge in [-0.15, -0.1) is 0 Å². The predicted octanol–water partition coefficient (Wildman–Crippen LogP) is 2.66. The smallest absolute Gasteiger partial charge is 0.270 e. The van der Waals surface area contributed by atoms with Crippen molar-refractivity contribution in [3.05, 3.63) is 59.5 Å². The molecule has 0 spiro atoms. The highest BCUT2D eigenvalue weighted by atomic mass is 19.1. The number of rotatable bonds is 7. The highest BCUT2D eigenvalue weighted by Crippen LogP contribution is 2.25. The molecule has 3 aromatic heterocycles. The maximum atomic E-state index is 13.1. The summed E-state index contributed by atoms with van der Waals surface area (Å²) >= 11 is 0. The van der Waals surface area contributed by atoms with Gasteiger partial charge in [0.15, 0.2) is 0 Å². The van der Waals surface area contributed by atoms with E-state index in [4.69, 9.17) is 9.26 Å². The summed E-state index contributed by atoms with van der Waals surface area (Å²) in [7, 11) is 0. The first kappa shape index (κ1) is 20.4. The van der Waals surface area contributed by atoms with E-state index in [1.54, 1.807) is 26.8 Å². The fraction of sp³-hybridized carbons (Fsp3) is 0.300. The van der Waals surface area contributed by atoms with Crippen LogP contribution in [-0.2, 0) is 6.61 Å². The number of aromatic nitrogens is 3. The van der Waals surface area contributed by atoms with Gasteiger partial charge in [0.25, 0.3) is 5.91 Å². The highest BCUT2D eigenvalue weighted by molar-refractivity contribution is 5.92. The molecule has 0 saturated carbocycles. The van der Waals surface area contributed by atoms with Gasteiger partial charge < -0.3 is 19.7 Å². The fourth-order valence-electron chi connectivity index (χ4n) is 2.44. The van der Waals surface area contributed by atoms with Crippen LogP contribution in [0.1, 0.15) is 35.7 Å². The molecule has 152 valence electrons. The third-order valence-electron chi connectivity index (χ3n) is 4.15. The van der Waals surface area contributed by atoms with Crippen molar-refractivity contribution in [1.82, 2.24) is 20.4 Å². The van der Waals surface area contributed by atoms with Crippen molar-refractivity contribution < 1.29 is 23.6 Å². The average molecular weight is 400 g/mol. The standard InChI is InChI=1S/C20H21FN4O4/c1-12-15(18(25-29-12)16-6-4-13(21)8-22-16)10-28-14-5-7-17(23-9-14)19(27)24-20(2,3)11-26/h4-9,26H,10-11H2,1-3H3,(H,24,27). The van der Waals surface area contributed by atoms with Crippen molar-refractivity contribution in [2.24, 2.45) is 0 Å². The van der Waals surface area contributed by atoms with Crippen LogP contribution in [0.25, 0.3) is 11.4 Å². The van der Waals surface area contributed by atoms with Gasteiger partial charge in [-0.3, -0.25) is 9.78 Å². The molecule has 0 aliphatic heterocycles. The minimum Gasteiger partial charge on any atom is -0.487 e. The van der Waals surface area contributed by atoms with Crippen molar-refractivity contribution >= 4 is 5.91 Å². The lowest BCUT2D eigenvalue weighted by molar-refractivity contribution is 0.0864. The Balaban J connectivity index is 1.69. The number of nitrogens with zero attached hydrogens (tertiary/aromatic N) is 3. The van der Waals surface area contributed by atoms with E-state index in [0.717, 1.165) is 6.20 Å². The van der Waals surface area contributed by atoms with E-state index in [0.29, 0.717) is 28.5 Å². The largest absolute Gasteiger partial charge is 0.487 e. The van der Waals surface area contributed by atoms with E-state index in [-0.39, 0.29) is 18.9 Å². The normalized spacial score (nSPS) is 11.3. The minimum atomic E-state index is -0.746. The maximum Gasteiger partial charge on any atom is 0.270 e. The van der Waals surface area contributed by atoms with E-state index in [9.17, 15) is 14.3 Å². The summed E-state index contributed by atoms with van der Waals surface area (Å²) in [5.74, 6) is 0.169. The molecule has 0 aliphatic rings. The van der Waals surface area contributed by atoms with Crippen LogP contribution in [-0.4, -0.2) is 38.3 Å². The van der Waals surface area contributed by atoms with Gasteiger partial charge in [0.05, 0.1) is 35.8 Å². The number of pyridine rings is 2. The molecule has 3 heterocycles. The summed E-state index contributed by atoms with van der Waals surface area (Å²) in [5.41, 5.74) is 1.08. The second-order valence-electron chi connectivity index (χ2n) is 7.09. The second-order valence-corrected chi connectivity index (χ2v) is 7.09. The summed E-state index contributed by atoms with van der Waals surface area (Å²) < 4.78 is 24.1. The lowest BCUT2D eigenvalue weighted by Crippen LogP contribution is -2.46. The summed E-state index contributed by atoms with van der Waals surface area (Å²) in [6, 6.07) is 5.95. The van der Waals surface area contributed by atoms with Gasteiger partial charge in [-0.2, -0.15) is 0 Å². The molecule has 0 radical (unpaired) electrons. The lowest BCUT2D eigenvalue weighted by Gasteiger charge is -2.23. The summed E-state index contributed by atoms with van der Waals surface area (Å²) in [6.07, 6.45) is 2.54. The molecule has 1 amide bonds. The summed E-state index contributed by atoms with van der Waals surface area (Å²) in [6.45, 7) is 5.10. The van der Waals surface area contributed by atoms with Crippen molar-refractivity contribution in [2.75, 3.05) is 6.61 Å². The Morgan fingerprint density at radius 2 is 2.03 bits per heavy atom. The Morgan fingerprint density at radius 1 is 1.24 bits per heavy atom. The Hall–Kier alpha value is -3.33. The van der Waals surface area contributed by atoms with Crippen LogP contribution < -0.4 is 10.1 Å². The van der Waals surface area contributed by atoms with E-state index in [2.05, 4.69) is 20.4 Å². The van der Waals surface area contributed by atoms with E-state index < -0.39 is 17.3 Å². The minimum absolute atomic E-state index is 0.133. The molecule has 0 saturated heterocycles. The van der Waals surface area contributed by atoms with Gasteiger partial charge >= 0.3 is 0 Å². The maximum absolute atomic E-state index is 13.1. The lowest BCUT2D eigenvalue weighted by atomic mass is 10.1. The average Bonchev–Trinajstić information content (AvgIpc) is 3.07. The van der Waals surface area contributed by atoms with E-state index >= 15 is 0 Å². The fourth-order valence-corrected chi connectivity index (χ4v) is 2.44. The molecular weight excluding hydrogens is 379 g/mol. The van der Waals surface area contributed by atoms with Crippen molar-refractivity contribution in [1.29, 1.82) is 0 Å². The van der Waals surface area contributed by atoms with Crippen LogP contribution in [0.2, 0.25) is 0 Å². The molecule has 2 N–H and O–H groups in total. The van der Waals surface area contributed by atoms with Gasteiger partial charge in [-0.25, -0.2) is 9.37 Å². The first-order chi connectivity index (χ1) is 13.8. The van der Waals surface area contributed by atoms with Gasteiger partial charge in [0.1, 0.15) is 35.3 Å². The number of carbonyl (C=O) groups is 1. The number of amides is 1. The molecule has 3 rings (SSSR count). The molecule has 29 heavy (non-hydrogen) atoms. The van der Waals surface area contributed by atoms with Crippen LogP contribution >= 0.6 is 0 Å². The molecule has 8 nitrogen and oxygen atoms in total. The van der Waals surface area contributed by atoms with Gasteiger partial charge in [0, 0.05) is 0 Å². The molecule has 0 fully saturated rings. The molecular formula is C20H21FN4O4. The SMILES string of the molecule is Cc1onc(-c2ccc(F)cn2)c1COc1ccc(C(=O)NC(C)(C)CO)nc1. The third-order valence-corrected chi connectivity index (χ3v) is 4.15. The highest BCUT2D eigenvalue weighted by Gasteiger charge is 2.21. The first-order valence-corrected chi connectivity index (χ1v) is 8.88. The number of ether oxygens (including phenoxy) is 1. The van der Waals surface area contributed by atoms with Gasteiger partial charge in [-0.1, -0.05) is 5.16 Å². The number of carbonyl (C=O) groups excluding carboxylic acids is 1. The van der Waals surface area contributed by atoms with Gasteiger partial charge in [-0.05, 0) is 45.0 Å². The Morgan fingerprint density at radius 3 is 2.66 bits per heavy atom. The third kappa shape index (κ3) is 4.94. The molecule has 9 heteroatoms. The summed E-state index contributed by atoms with van der Waals surface area (Å²) in [4.78, 5) is 20.3. The van der Waals surface area contributed by atoms with Crippen molar-refractivity contribution in [3.8, 4) is 17.1 Å². The van der Waals surface area contributed by atoms with E-state index in [1.165, 1.54) is 24.4 Å². The monoisotopic (exact) mass is 400 g/mol. The van der Waals surface area contributed by atoms with Crippen LogP contribution in [0.3, 0.4) is 0 Å². The Bertz CT molecular complexity index is 985. The van der Waals surface area contributed by atoms with E-state index in [1.807, 2.05) is 0 Å². The number of aliphatic hydroxyl groups is 1. The molecule has 0 aromatic carbocycles. The van der Waals surface area contributed by atoms with Crippen LogP contribution in [0, 0.1) is 12.7 Å². The Kier molecular flexibility index (Phi) is 5.88. The number of nitrogens with one attached hydrogen (secondary N) is 1. The van der Waals surface area contributed by atoms with Crippen molar-refractivity contribution in [3.63, 3.8) is 0 Å². The first-order valence-electron chi connectivity index (χ1n) is 8.88. The number of hydrogen-bond donors (Lipinski definition) is 2. The zero-order chi connectivity index (χ0) is 21.0. The second kappa shape index (κ2) is 8.36. The zero-order valence-corrected chi connectivity index (χ0v) is 16.3. The molecule has 3 aromatic rings. The van der Waals surface area contributed by atoms with Crippen LogP contribution in [0.4, 0.5) is 4.39 Å². The van der Waals surface area contributed by atoms with Crippen LogP contribution in [0.15, 0.2) is 41.2 Å².